The Kier molecular flexibility index (Phi) is 7.67. The summed E-state index contributed by atoms with van der Waals surface area (Å²) in [6, 6.07) is 24.9. The molecule has 154 valence electrons. The summed E-state index contributed by atoms with van der Waals surface area (Å²) in [4.78, 5) is 12.7. The number of hydrogen-bond acceptors (Lipinski definition) is 3. The summed E-state index contributed by atoms with van der Waals surface area (Å²) in [6.07, 6.45) is 1.85. The molecule has 0 saturated carbocycles. The highest BCUT2D eigenvalue weighted by Gasteiger charge is 2.11. The zero-order chi connectivity index (χ0) is 21.2. The zero-order valence-electron chi connectivity index (χ0n) is 17.3. The fourth-order valence-electron chi connectivity index (χ4n) is 2.93. The minimum absolute atomic E-state index is 0.212. The Bertz CT molecular complexity index is 982. The number of nitrogens with one attached hydrogen (secondary N) is 1. The molecule has 0 fully saturated rings. The van der Waals surface area contributed by atoms with E-state index in [1.807, 2.05) is 55.5 Å². The van der Waals surface area contributed by atoms with E-state index in [0.29, 0.717) is 36.0 Å². The van der Waals surface area contributed by atoms with E-state index in [-0.39, 0.29) is 5.91 Å². The van der Waals surface area contributed by atoms with Crippen LogP contribution in [0.1, 0.15) is 29.3 Å². The fraction of sp³-hybridized carbons (Fsp3) is 0.192. The van der Waals surface area contributed by atoms with Crippen LogP contribution in [0.25, 0.3) is 0 Å². The standard InChI is InChI=1S/C26H27NO3/c1-20(2)19-30-23-14-8-13-22(18-23)26(28)27-24-15-6-7-16-25(24)29-17-9-12-21-10-4-3-5-11-21/h3-8,10-11,13-16,18H,1,9,12,17,19H2,2H3,(H,27,28). The third-order valence-electron chi connectivity index (χ3n) is 4.43. The van der Waals surface area contributed by atoms with Crippen molar-refractivity contribution in [3.05, 3.63) is 102 Å². The summed E-state index contributed by atoms with van der Waals surface area (Å²) in [5, 5.41) is 2.94. The van der Waals surface area contributed by atoms with Crippen molar-refractivity contribution in [3.63, 3.8) is 0 Å². The molecule has 0 aromatic heterocycles. The van der Waals surface area contributed by atoms with E-state index in [4.69, 9.17) is 9.47 Å². The third kappa shape index (κ3) is 6.52. The quantitative estimate of drug-likeness (QED) is 0.340. The number of anilines is 1. The summed E-state index contributed by atoms with van der Waals surface area (Å²) in [5.74, 6) is 1.08. The van der Waals surface area contributed by atoms with Crippen LogP contribution in [0, 0.1) is 0 Å². The van der Waals surface area contributed by atoms with E-state index in [0.717, 1.165) is 18.4 Å². The van der Waals surface area contributed by atoms with Crippen LogP contribution in [0.15, 0.2) is 91.0 Å². The smallest absolute Gasteiger partial charge is 0.255 e. The molecule has 1 amide bonds. The van der Waals surface area contributed by atoms with E-state index in [9.17, 15) is 4.79 Å². The summed E-state index contributed by atoms with van der Waals surface area (Å²) < 4.78 is 11.6. The second-order valence-corrected chi connectivity index (χ2v) is 7.16. The fourth-order valence-corrected chi connectivity index (χ4v) is 2.93. The first-order valence-electron chi connectivity index (χ1n) is 10.1. The average Bonchev–Trinajstić information content (AvgIpc) is 2.77. The molecule has 0 spiro atoms. The molecule has 3 aromatic rings. The van der Waals surface area contributed by atoms with Gasteiger partial charge >= 0.3 is 0 Å². The second kappa shape index (κ2) is 10.9. The topological polar surface area (TPSA) is 47.6 Å². The molecular weight excluding hydrogens is 374 g/mol. The number of para-hydroxylation sites is 2. The van der Waals surface area contributed by atoms with Crippen molar-refractivity contribution in [2.45, 2.75) is 19.8 Å². The van der Waals surface area contributed by atoms with Crippen molar-refractivity contribution in [1.82, 2.24) is 0 Å². The Labute approximate surface area is 178 Å². The molecule has 0 unspecified atom stereocenters. The van der Waals surface area contributed by atoms with Gasteiger partial charge < -0.3 is 14.8 Å². The second-order valence-electron chi connectivity index (χ2n) is 7.16. The van der Waals surface area contributed by atoms with E-state index in [1.54, 1.807) is 18.2 Å². The van der Waals surface area contributed by atoms with E-state index >= 15 is 0 Å². The molecule has 4 heteroatoms. The highest BCUT2D eigenvalue weighted by molar-refractivity contribution is 6.05. The Balaban J connectivity index is 1.58. The normalized spacial score (nSPS) is 10.3. The van der Waals surface area contributed by atoms with Crippen LogP contribution in [0.2, 0.25) is 0 Å². The van der Waals surface area contributed by atoms with Crippen LogP contribution in [0.5, 0.6) is 11.5 Å². The van der Waals surface area contributed by atoms with Crippen LogP contribution in [-0.4, -0.2) is 19.1 Å². The lowest BCUT2D eigenvalue weighted by atomic mass is 10.1. The molecular formula is C26H27NO3. The van der Waals surface area contributed by atoms with Gasteiger partial charge in [-0.05, 0) is 61.2 Å². The molecule has 0 aliphatic carbocycles. The summed E-state index contributed by atoms with van der Waals surface area (Å²) in [7, 11) is 0. The Morgan fingerprint density at radius 2 is 1.70 bits per heavy atom. The highest BCUT2D eigenvalue weighted by atomic mass is 16.5. The van der Waals surface area contributed by atoms with Gasteiger partial charge in [0, 0.05) is 5.56 Å². The number of aryl methyl sites for hydroxylation is 1. The van der Waals surface area contributed by atoms with Gasteiger partial charge in [0.05, 0.1) is 12.3 Å². The van der Waals surface area contributed by atoms with Gasteiger partial charge in [-0.15, -0.1) is 0 Å². The Hall–Kier alpha value is -3.53. The molecule has 0 atom stereocenters. The number of ether oxygens (including phenoxy) is 2. The van der Waals surface area contributed by atoms with Gasteiger partial charge in [0.15, 0.2) is 0 Å². The predicted octanol–water partition coefficient (Wildman–Crippen LogP) is 5.91. The zero-order valence-corrected chi connectivity index (χ0v) is 17.3. The number of carbonyl (C=O) groups excluding carboxylic acids is 1. The van der Waals surface area contributed by atoms with Crippen LogP contribution in [-0.2, 0) is 6.42 Å². The van der Waals surface area contributed by atoms with Crippen molar-refractivity contribution in [1.29, 1.82) is 0 Å². The lowest BCUT2D eigenvalue weighted by Gasteiger charge is -2.13. The van der Waals surface area contributed by atoms with Crippen molar-refractivity contribution in [2.75, 3.05) is 18.5 Å². The molecule has 30 heavy (non-hydrogen) atoms. The number of rotatable bonds is 10. The minimum atomic E-state index is -0.212. The molecule has 0 aliphatic heterocycles. The number of carbonyl (C=O) groups is 1. The average molecular weight is 402 g/mol. The molecule has 3 aromatic carbocycles. The molecule has 0 saturated heterocycles. The molecule has 4 nitrogen and oxygen atoms in total. The van der Waals surface area contributed by atoms with Gasteiger partial charge in [0.2, 0.25) is 0 Å². The Morgan fingerprint density at radius 1 is 0.933 bits per heavy atom. The lowest BCUT2D eigenvalue weighted by Crippen LogP contribution is -2.13. The molecule has 0 aliphatic rings. The number of hydrogen-bond donors (Lipinski definition) is 1. The van der Waals surface area contributed by atoms with Crippen molar-refractivity contribution in [3.8, 4) is 11.5 Å². The maximum absolute atomic E-state index is 12.7. The van der Waals surface area contributed by atoms with Crippen molar-refractivity contribution >= 4 is 11.6 Å². The molecule has 0 heterocycles. The number of benzene rings is 3. The first-order valence-corrected chi connectivity index (χ1v) is 10.1. The molecule has 1 N–H and O–H groups in total. The van der Waals surface area contributed by atoms with Gasteiger partial charge in [-0.1, -0.05) is 55.1 Å². The summed E-state index contributed by atoms with van der Waals surface area (Å²) in [5.41, 5.74) is 3.38. The predicted molar refractivity (Wildman–Crippen MR) is 121 cm³/mol. The molecule has 3 rings (SSSR count). The van der Waals surface area contributed by atoms with E-state index in [1.165, 1.54) is 5.56 Å². The molecule has 0 bridgehead atoms. The van der Waals surface area contributed by atoms with Gasteiger partial charge in [-0.2, -0.15) is 0 Å². The van der Waals surface area contributed by atoms with Gasteiger partial charge in [0.1, 0.15) is 18.1 Å². The van der Waals surface area contributed by atoms with Crippen molar-refractivity contribution in [2.24, 2.45) is 0 Å². The van der Waals surface area contributed by atoms with Crippen LogP contribution < -0.4 is 14.8 Å². The molecule has 0 radical (unpaired) electrons. The van der Waals surface area contributed by atoms with Crippen LogP contribution >= 0.6 is 0 Å². The van der Waals surface area contributed by atoms with Crippen LogP contribution in [0.3, 0.4) is 0 Å². The van der Waals surface area contributed by atoms with Crippen LogP contribution in [0.4, 0.5) is 5.69 Å². The van der Waals surface area contributed by atoms with Gasteiger partial charge in [0.25, 0.3) is 5.91 Å². The maximum atomic E-state index is 12.7. The van der Waals surface area contributed by atoms with Gasteiger partial charge in [-0.25, -0.2) is 0 Å². The largest absolute Gasteiger partial charge is 0.491 e. The SMILES string of the molecule is C=C(C)COc1cccc(C(=O)Nc2ccccc2OCCCc2ccccc2)c1. The highest BCUT2D eigenvalue weighted by Crippen LogP contribution is 2.25. The monoisotopic (exact) mass is 401 g/mol. The maximum Gasteiger partial charge on any atom is 0.255 e. The number of amides is 1. The third-order valence-corrected chi connectivity index (χ3v) is 4.43. The Morgan fingerprint density at radius 3 is 2.50 bits per heavy atom. The lowest BCUT2D eigenvalue weighted by molar-refractivity contribution is 0.102. The minimum Gasteiger partial charge on any atom is -0.491 e. The first kappa shape index (κ1) is 21.2. The van der Waals surface area contributed by atoms with Crippen molar-refractivity contribution < 1.29 is 14.3 Å². The first-order chi connectivity index (χ1) is 14.6. The van der Waals surface area contributed by atoms with Gasteiger partial charge in [-0.3, -0.25) is 4.79 Å². The summed E-state index contributed by atoms with van der Waals surface area (Å²) >= 11 is 0. The van der Waals surface area contributed by atoms with E-state index in [2.05, 4.69) is 24.0 Å². The van der Waals surface area contributed by atoms with E-state index < -0.39 is 0 Å². The summed E-state index contributed by atoms with van der Waals surface area (Å²) in [6.45, 7) is 6.72.